The summed E-state index contributed by atoms with van der Waals surface area (Å²) in [6.45, 7) is 2.18. The Morgan fingerprint density at radius 1 is 1.36 bits per heavy atom. The van der Waals surface area contributed by atoms with Crippen LogP contribution in [0.15, 0.2) is 5.70 Å². The van der Waals surface area contributed by atoms with Crippen LogP contribution in [0.5, 0.6) is 0 Å². The van der Waals surface area contributed by atoms with E-state index in [4.69, 9.17) is 0 Å². The van der Waals surface area contributed by atoms with E-state index in [2.05, 4.69) is 12.2 Å². The highest BCUT2D eigenvalue weighted by Crippen LogP contribution is 2.05. The number of unbranched alkanes of at least 4 members (excludes halogenated alkanes) is 3. The lowest BCUT2D eigenvalue weighted by Crippen LogP contribution is -2.05. The fourth-order valence-corrected chi connectivity index (χ4v) is 0.956. The molecule has 0 fully saturated rings. The molecule has 0 unspecified atom stereocenters. The predicted octanol–water partition coefficient (Wildman–Crippen LogP) is 1.89. The predicted molar refractivity (Wildman–Crippen MR) is 47.0 cm³/mol. The normalized spacial score (nSPS) is 8.91. The van der Waals surface area contributed by atoms with Gasteiger partial charge in [0.05, 0.1) is 5.70 Å². The molecule has 0 spiro atoms. The smallest absolute Gasteiger partial charge is 0.145 e. The summed E-state index contributed by atoms with van der Waals surface area (Å²) in [7, 11) is 1.76. The van der Waals surface area contributed by atoms with Crippen molar-refractivity contribution in [3.8, 4) is 0 Å². The Kier molecular flexibility index (Phi) is 6.86. The molecule has 0 radical (unpaired) electrons. The Bertz CT molecular complexity index is 136. The van der Waals surface area contributed by atoms with Crippen LogP contribution in [0.2, 0.25) is 0 Å². The maximum atomic E-state index is 10.2. The lowest BCUT2D eigenvalue weighted by molar-refractivity contribution is 0.561. The summed E-state index contributed by atoms with van der Waals surface area (Å²) in [5.41, 5.74) is 0.695. The van der Waals surface area contributed by atoms with E-state index in [1.165, 1.54) is 19.3 Å². The van der Waals surface area contributed by atoms with Crippen LogP contribution < -0.4 is 5.32 Å². The molecular weight excluding hydrogens is 138 g/mol. The van der Waals surface area contributed by atoms with E-state index in [1.807, 2.05) is 5.94 Å². The highest BCUT2D eigenvalue weighted by Gasteiger charge is 1.93. The summed E-state index contributed by atoms with van der Waals surface area (Å²) >= 11 is 0. The van der Waals surface area contributed by atoms with Crippen LogP contribution in [0.25, 0.3) is 0 Å². The molecule has 0 aliphatic heterocycles. The first-order chi connectivity index (χ1) is 5.35. The molecule has 0 atom stereocenters. The number of carbonyl (C=O) groups excluding carboxylic acids is 1. The summed E-state index contributed by atoms with van der Waals surface area (Å²) in [5, 5.41) is 2.82. The molecule has 2 heteroatoms. The van der Waals surface area contributed by atoms with Crippen LogP contribution in [0.3, 0.4) is 0 Å². The molecule has 1 N–H and O–H groups in total. The number of hydrogen-bond acceptors (Lipinski definition) is 2. The van der Waals surface area contributed by atoms with E-state index in [0.29, 0.717) is 5.70 Å². The summed E-state index contributed by atoms with van der Waals surface area (Å²) in [6.07, 6.45) is 5.65. The quantitative estimate of drug-likeness (QED) is 0.469. The van der Waals surface area contributed by atoms with Gasteiger partial charge in [-0.15, -0.1) is 0 Å². The first-order valence-corrected chi connectivity index (χ1v) is 4.26. The van der Waals surface area contributed by atoms with Gasteiger partial charge in [0, 0.05) is 7.05 Å². The van der Waals surface area contributed by atoms with Gasteiger partial charge in [-0.25, -0.2) is 4.79 Å². The molecular formula is C9H17NO. The molecule has 0 saturated carbocycles. The zero-order valence-corrected chi connectivity index (χ0v) is 7.44. The van der Waals surface area contributed by atoms with E-state index in [0.717, 1.165) is 12.8 Å². The van der Waals surface area contributed by atoms with Gasteiger partial charge in [-0.2, -0.15) is 0 Å². The van der Waals surface area contributed by atoms with Gasteiger partial charge in [0.15, 0.2) is 0 Å². The van der Waals surface area contributed by atoms with Crippen LogP contribution in [-0.4, -0.2) is 13.0 Å². The largest absolute Gasteiger partial charge is 0.383 e. The molecule has 2 nitrogen and oxygen atoms in total. The molecule has 0 aromatic heterocycles. The van der Waals surface area contributed by atoms with Gasteiger partial charge >= 0.3 is 0 Å². The van der Waals surface area contributed by atoms with Crippen LogP contribution in [0.4, 0.5) is 0 Å². The molecule has 11 heavy (non-hydrogen) atoms. The average molecular weight is 155 g/mol. The fraction of sp³-hybridized carbons (Fsp3) is 0.778. The number of allylic oxidation sites excluding steroid dienone is 1. The van der Waals surface area contributed by atoms with Crippen molar-refractivity contribution in [3.05, 3.63) is 5.70 Å². The molecule has 0 aliphatic rings. The Hall–Kier alpha value is -0.750. The molecule has 0 aromatic rings. The highest BCUT2D eigenvalue weighted by atomic mass is 16.1. The Balaban J connectivity index is 3.30. The topological polar surface area (TPSA) is 29.1 Å². The third-order valence-corrected chi connectivity index (χ3v) is 1.71. The van der Waals surface area contributed by atoms with Gasteiger partial charge < -0.3 is 5.32 Å². The van der Waals surface area contributed by atoms with Crippen molar-refractivity contribution in [1.29, 1.82) is 0 Å². The van der Waals surface area contributed by atoms with E-state index in [9.17, 15) is 4.79 Å². The van der Waals surface area contributed by atoms with E-state index in [-0.39, 0.29) is 0 Å². The average Bonchev–Trinajstić information content (AvgIpc) is 2.05. The SMILES string of the molecule is CCCCCCC(=C=O)NC. The molecule has 0 rings (SSSR count). The summed E-state index contributed by atoms with van der Waals surface area (Å²) in [5.74, 6) is 1.88. The van der Waals surface area contributed by atoms with Gasteiger partial charge in [-0.3, -0.25) is 0 Å². The van der Waals surface area contributed by atoms with Crippen molar-refractivity contribution in [1.82, 2.24) is 5.32 Å². The second kappa shape index (κ2) is 7.36. The van der Waals surface area contributed by atoms with Gasteiger partial charge in [0.1, 0.15) is 5.94 Å². The van der Waals surface area contributed by atoms with E-state index < -0.39 is 0 Å². The minimum atomic E-state index is 0.695. The minimum absolute atomic E-state index is 0.695. The Morgan fingerprint density at radius 3 is 2.55 bits per heavy atom. The maximum Gasteiger partial charge on any atom is 0.145 e. The summed E-state index contributed by atoms with van der Waals surface area (Å²) < 4.78 is 0. The summed E-state index contributed by atoms with van der Waals surface area (Å²) in [4.78, 5) is 10.2. The Labute approximate surface area is 68.7 Å². The molecule has 64 valence electrons. The summed E-state index contributed by atoms with van der Waals surface area (Å²) in [6, 6.07) is 0. The van der Waals surface area contributed by atoms with Gasteiger partial charge in [-0.1, -0.05) is 26.2 Å². The molecule has 0 saturated heterocycles. The minimum Gasteiger partial charge on any atom is -0.383 e. The van der Waals surface area contributed by atoms with Crippen molar-refractivity contribution < 1.29 is 4.79 Å². The lowest BCUT2D eigenvalue weighted by Gasteiger charge is -2.00. The first-order valence-electron chi connectivity index (χ1n) is 4.26. The van der Waals surface area contributed by atoms with Crippen molar-refractivity contribution in [2.75, 3.05) is 7.05 Å². The van der Waals surface area contributed by atoms with Crippen LogP contribution in [-0.2, 0) is 4.79 Å². The monoisotopic (exact) mass is 155 g/mol. The zero-order valence-electron chi connectivity index (χ0n) is 7.44. The van der Waals surface area contributed by atoms with Crippen LogP contribution >= 0.6 is 0 Å². The molecule has 0 bridgehead atoms. The fourth-order valence-electron chi connectivity index (χ4n) is 0.956. The van der Waals surface area contributed by atoms with Crippen molar-refractivity contribution in [2.45, 2.75) is 39.0 Å². The lowest BCUT2D eigenvalue weighted by atomic mass is 10.1. The van der Waals surface area contributed by atoms with Crippen molar-refractivity contribution in [3.63, 3.8) is 0 Å². The molecule has 0 heterocycles. The second-order valence-corrected chi connectivity index (χ2v) is 2.64. The van der Waals surface area contributed by atoms with Crippen LogP contribution in [0.1, 0.15) is 39.0 Å². The molecule has 0 amide bonds. The van der Waals surface area contributed by atoms with Crippen LogP contribution in [0, 0.1) is 0 Å². The highest BCUT2D eigenvalue weighted by molar-refractivity contribution is 5.51. The van der Waals surface area contributed by atoms with Gasteiger partial charge in [0.25, 0.3) is 0 Å². The van der Waals surface area contributed by atoms with Gasteiger partial charge in [0.2, 0.25) is 0 Å². The van der Waals surface area contributed by atoms with E-state index in [1.54, 1.807) is 7.05 Å². The van der Waals surface area contributed by atoms with Crippen molar-refractivity contribution in [2.24, 2.45) is 0 Å². The second-order valence-electron chi connectivity index (χ2n) is 2.64. The Morgan fingerprint density at radius 2 is 2.09 bits per heavy atom. The maximum absolute atomic E-state index is 10.2. The van der Waals surface area contributed by atoms with E-state index >= 15 is 0 Å². The third kappa shape index (κ3) is 5.68. The standard InChI is InChI=1S/C9H17NO/c1-3-4-5-6-7-9(8-11)10-2/h10H,3-7H2,1-2H3. The molecule has 0 aliphatic carbocycles. The van der Waals surface area contributed by atoms with Crippen molar-refractivity contribution >= 4 is 5.94 Å². The third-order valence-electron chi connectivity index (χ3n) is 1.71. The first kappa shape index (κ1) is 10.2. The number of hydrogen-bond donors (Lipinski definition) is 1. The number of rotatable bonds is 6. The number of nitrogens with one attached hydrogen (secondary N) is 1. The molecule has 0 aromatic carbocycles. The zero-order chi connectivity index (χ0) is 8.53. The van der Waals surface area contributed by atoms with Gasteiger partial charge in [-0.05, 0) is 12.8 Å².